The summed E-state index contributed by atoms with van der Waals surface area (Å²) in [5.74, 6) is -4.25. The average Bonchev–Trinajstić information content (AvgIpc) is 3.34. The van der Waals surface area contributed by atoms with E-state index in [0.717, 1.165) is 73.6 Å². The summed E-state index contributed by atoms with van der Waals surface area (Å²) in [7, 11) is 0. The minimum absolute atomic E-state index is 0. The monoisotopic (exact) mass is 1140 g/mol. The summed E-state index contributed by atoms with van der Waals surface area (Å²) in [4.78, 5) is 43.5. The molecular weight excluding hydrogens is 1060 g/mol. The van der Waals surface area contributed by atoms with E-state index in [4.69, 9.17) is 0 Å². The molecular formula is C60H84O8Pb. The molecule has 0 spiro atoms. The molecule has 0 amide bonds. The first-order chi connectivity index (χ1) is 33.0. The third-order valence-electron chi connectivity index (χ3n) is 12.1. The predicted octanol–water partition coefficient (Wildman–Crippen LogP) is 11.4. The Kier molecular flexibility index (Phi) is 40.9. The van der Waals surface area contributed by atoms with Crippen molar-refractivity contribution >= 4 is 51.2 Å². The van der Waals surface area contributed by atoms with E-state index in [0.29, 0.717) is 22.3 Å². The Hall–Kier alpha value is -4.32. The van der Waals surface area contributed by atoms with Crippen LogP contribution < -0.4 is 20.4 Å². The fourth-order valence-electron chi connectivity index (χ4n) is 8.13. The van der Waals surface area contributed by atoms with Crippen LogP contribution in [0.2, 0.25) is 0 Å². The zero-order valence-electron chi connectivity index (χ0n) is 42.8. The fraction of sp³-hybridized carbons (Fsp3) is 0.533. The van der Waals surface area contributed by atoms with Crippen LogP contribution >= 0.6 is 0 Å². The molecule has 0 unspecified atom stereocenters. The van der Waals surface area contributed by atoms with E-state index >= 15 is 0 Å². The van der Waals surface area contributed by atoms with Gasteiger partial charge in [0.2, 0.25) is 0 Å². The minimum atomic E-state index is -1.06. The summed E-state index contributed by atoms with van der Waals surface area (Å²) < 4.78 is 0. The zero-order chi connectivity index (χ0) is 50.0. The SMILES string of the molecule is CCCCCCCCc1ccccc1C(=O)[O-].CCCCCCCCc1ccccc1C(=O)[O-].CCCCCCCCc1ccccc1C(=O)[O-].CCCCCCCCc1ccccc1C(=O)[O-].[Pb+4]. The Morgan fingerprint density at radius 2 is 0.435 bits per heavy atom. The molecule has 0 heterocycles. The minimum Gasteiger partial charge on any atom is -0.545 e. The zero-order valence-corrected chi connectivity index (χ0v) is 46.7. The van der Waals surface area contributed by atoms with Gasteiger partial charge in [-0.05, 0) is 73.6 Å². The molecule has 0 aliphatic carbocycles. The van der Waals surface area contributed by atoms with Crippen LogP contribution in [-0.4, -0.2) is 51.2 Å². The molecule has 0 N–H and O–H groups in total. The molecule has 0 radical (unpaired) electrons. The Balaban J connectivity index is 0.000000889. The van der Waals surface area contributed by atoms with E-state index in [1.165, 1.54) is 128 Å². The van der Waals surface area contributed by atoms with Crippen LogP contribution in [0.1, 0.15) is 245 Å². The summed E-state index contributed by atoms with van der Waals surface area (Å²) in [5.41, 5.74) is 5.01. The smallest absolute Gasteiger partial charge is 0.545 e. The summed E-state index contributed by atoms with van der Waals surface area (Å²) in [5, 5.41) is 43.5. The molecule has 9 heteroatoms. The summed E-state index contributed by atoms with van der Waals surface area (Å²) in [6, 6.07) is 28.6. The van der Waals surface area contributed by atoms with Crippen LogP contribution in [0.3, 0.4) is 0 Å². The molecule has 0 aromatic heterocycles. The number of carboxylic acid groups (broad SMARTS) is 4. The number of hydrogen-bond acceptors (Lipinski definition) is 8. The summed E-state index contributed by atoms with van der Waals surface area (Å²) >= 11 is 0. The quantitative estimate of drug-likeness (QED) is 0.0345. The molecule has 0 atom stereocenters. The van der Waals surface area contributed by atoms with Gasteiger partial charge in [0.05, 0.1) is 23.9 Å². The molecule has 0 aliphatic rings. The third-order valence-corrected chi connectivity index (χ3v) is 12.1. The van der Waals surface area contributed by atoms with Crippen molar-refractivity contribution in [2.75, 3.05) is 0 Å². The number of carbonyl (C=O) groups is 4. The molecule has 4 rings (SSSR count). The maximum absolute atomic E-state index is 10.9. The Bertz CT molecular complexity index is 1660. The second-order valence-electron chi connectivity index (χ2n) is 17.8. The number of aryl methyl sites for hydroxylation is 4. The van der Waals surface area contributed by atoms with E-state index in [1.807, 2.05) is 48.5 Å². The predicted molar refractivity (Wildman–Crippen MR) is 277 cm³/mol. The second-order valence-corrected chi connectivity index (χ2v) is 17.8. The van der Waals surface area contributed by atoms with Gasteiger partial charge < -0.3 is 39.6 Å². The molecule has 0 aliphatic heterocycles. The van der Waals surface area contributed by atoms with E-state index in [-0.39, 0.29) is 27.3 Å². The van der Waals surface area contributed by atoms with Crippen LogP contribution in [0, 0.1) is 0 Å². The van der Waals surface area contributed by atoms with Gasteiger partial charge >= 0.3 is 27.3 Å². The van der Waals surface area contributed by atoms with Crippen molar-refractivity contribution in [1.82, 2.24) is 0 Å². The first-order valence-electron chi connectivity index (χ1n) is 26.2. The van der Waals surface area contributed by atoms with Crippen LogP contribution in [0.5, 0.6) is 0 Å². The second kappa shape index (κ2) is 43.7. The molecule has 0 fully saturated rings. The van der Waals surface area contributed by atoms with E-state index < -0.39 is 23.9 Å². The van der Waals surface area contributed by atoms with E-state index in [2.05, 4.69) is 27.7 Å². The number of hydrogen-bond donors (Lipinski definition) is 0. The van der Waals surface area contributed by atoms with Gasteiger partial charge in [0.15, 0.2) is 0 Å². The van der Waals surface area contributed by atoms with Crippen molar-refractivity contribution in [1.29, 1.82) is 0 Å². The van der Waals surface area contributed by atoms with Crippen LogP contribution in [0.15, 0.2) is 97.1 Å². The van der Waals surface area contributed by atoms with Crippen LogP contribution in [-0.2, 0) is 25.7 Å². The molecule has 8 nitrogen and oxygen atoms in total. The molecule has 4 aromatic rings. The standard InChI is InChI=1S/4C15H22O2.Pb/c4*1-2-3-4-5-6-7-10-13-11-8-9-12-14(13)15(16)17;/h4*8-9,11-12H,2-7,10H2,1H3,(H,16,17);/q;;;;+4/p-4. The van der Waals surface area contributed by atoms with Gasteiger partial charge in [0.25, 0.3) is 0 Å². The molecule has 0 bridgehead atoms. The van der Waals surface area contributed by atoms with Crippen LogP contribution in [0.25, 0.3) is 0 Å². The van der Waals surface area contributed by atoms with Gasteiger partial charge in [-0.1, -0.05) is 253 Å². The number of carboxylic acids is 4. The summed E-state index contributed by atoms with van der Waals surface area (Å²) in [6.07, 6.45) is 32.8. The molecule has 0 saturated heterocycles. The number of unbranched alkanes of at least 4 members (excludes halogenated alkanes) is 20. The Labute approximate surface area is 437 Å². The van der Waals surface area contributed by atoms with Gasteiger partial charge in [-0.3, -0.25) is 0 Å². The number of benzene rings is 4. The molecule has 376 valence electrons. The number of aromatic carboxylic acids is 4. The first-order valence-corrected chi connectivity index (χ1v) is 26.2. The normalized spacial score (nSPS) is 10.3. The fourth-order valence-corrected chi connectivity index (χ4v) is 8.13. The number of rotatable bonds is 32. The first kappa shape index (κ1) is 64.7. The summed E-state index contributed by atoms with van der Waals surface area (Å²) in [6.45, 7) is 8.82. The maximum Gasteiger partial charge on any atom is 4.00 e. The molecule has 4 aromatic carbocycles. The van der Waals surface area contributed by atoms with Crippen molar-refractivity contribution in [3.05, 3.63) is 142 Å². The van der Waals surface area contributed by atoms with Crippen molar-refractivity contribution in [3.8, 4) is 0 Å². The Morgan fingerprint density at radius 1 is 0.275 bits per heavy atom. The topological polar surface area (TPSA) is 161 Å². The van der Waals surface area contributed by atoms with Crippen molar-refractivity contribution in [3.63, 3.8) is 0 Å². The average molecular weight is 1140 g/mol. The van der Waals surface area contributed by atoms with Gasteiger partial charge in [0, 0.05) is 22.3 Å². The Morgan fingerprint density at radius 3 is 0.609 bits per heavy atom. The van der Waals surface area contributed by atoms with E-state index in [9.17, 15) is 39.6 Å². The molecule has 0 saturated carbocycles. The maximum atomic E-state index is 10.9. The van der Waals surface area contributed by atoms with Gasteiger partial charge in [-0.15, -0.1) is 0 Å². The van der Waals surface area contributed by atoms with Crippen molar-refractivity contribution in [2.24, 2.45) is 0 Å². The van der Waals surface area contributed by atoms with E-state index in [1.54, 1.807) is 48.5 Å². The van der Waals surface area contributed by atoms with Crippen molar-refractivity contribution in [2.45, 2.75) is 207 Å². The molecule has 69 heavy (non-hydrogen) atoms. The van der Waals surface area contributed by atoms with Gasteiger partial charge in [0.1, 0.15) is 0 Å². The third kappa shape index (κ3) is 31.5. The van der Waals surface area contributed by atoms with Gasteiger partial charge in [-0.2, -0.15) is 0 Å². The largest absolute Gasteiger partial charge is 4.00 e. The van der Waals surface area contributed by atoms with Crippen molar-refractivity contribution < 1.29 is 39.6 Å². The van der Waals surface area contributed by atoms with Crippen LogP contribution in [0.4, 0.5) is 0 Å². The van der Waals surface area contributed by atoms with Gasteiger partial charge in [-0.25, -0.2) is 0 Å². The number of carbonyl (C=O) groups excluding carboxylic acids is 4.